The van der Waals surface area contributed by atoms with E-state index in [1.54, 1.807) is 6.07 Å². The minimum absolute atomic E-state index is 0.0225. The molecule has 1 unspecified atom stereocenters. The lowest BCUT2D eigenvalue weighted by Gasteiger charge is -2.34. The summed E-state index contributed by atoms with van der Waals surface area (Å²) in [6, 6.07) is 5.55. The normalized spacial score (nSPS) is 21.2. The number of ether oxygens (including phenoxy) is 1. The first-order chi connectivity index (χ1) is 7.72. The molecule has 1 N–H and O–H groups in total. The maximum atomic E-state index is 9.07. The molecule has 1 fully saturated rings. The van der Waals surface area contributed by atoms with Gasteiger partial charge in [-0.15, -0.1) is 0 Å². The SMILES string of the molecule is OCC1CN(c2cccc(Cl)c2Cl)CCO1. The molecule has 1 aromatic rings. The van der Waals surface area contributed by atoms with Gasteiger partial charge in [-0.3, -0.25) is 0 Å². The van der Waals surface area contributed by atoms with E-state index in [9.17, 15) is 0 Å². The van der Waals surface area contributed by atoms with Crippen LogP contribution in [0.3, 0.4) is 0 Å². The summed E-state index contributed by atoms with van der Waals surface area (Å²) in [5, 5.41) is 10.2. The van der Waals surface area contributed by atoms with Gasteiger partial charge in [0.1, 0.15) is 0 Å². The van der Waals surface area contributed by atoms with Crippen molar-refractivity contribution in [3.63, 3.8) is 0 Å². The van der Waals surface area contributed by atoms with Crippen LogP contribution in [-0.4, -0.2) is 37.5 Å². The molecule has 0 aromatic heterocycles. The van der Waals surface area contributed by atoms with Crippen LogP contribution in [0.5, 0.6) is 0 Å². The van der Waals surface area contributed by atoms with Crippen LogP contribution in [0.4, 0.5) is 5.69 Å². The molecule has 16 heavy (non-hydrogen) atoms. The van der Waals surface area contributed by atoms with Gasteiger partial charge in [-0.2, -0.15) is 0 Å². The van der Waals surface area contributed by atoms with Gasteiger partial charge in [0.2, 0.25) is 0 Å². The van der Waals surface area contributed by atoms with Crippen molar-refractivity contribution >= 4 is 28.9 Å². The second kappa shape index (κ2) is 5.23. The molecule has 0 aliphatic carbocycles. The summed E-state index contributed by atoms with van der Waals surface area (Å²) in [5.74, 6) is 0. The second-order valence-electron chi connectivity index (χ2n) is 3.69. The van der Waals surface area contributed by atoms with Crippen molar-refractivity contribution in [1.29, 1.82) is 0 Å². The number of benzene rings is 1. The van der Waals surface area contributed by atoms with E-state index in [0.717, 1.165) is 12.2 Å². The Kier molecular flexibility index (Phi) is 3.92. The first kappa shape index (κ1) is 12.0. The first-order valence-corrected chi connectivity index (χ1v) is 5.89. The van der Waals surface area contributed by atoms with E-state index < -0.39 is 0 Å². The Bertz CT molecular complexity index is 373. The molecular weight excluding hydrogens is 249 g/mol. The van der Waals surface area contributed by atoms with Gasteiger partial charge >= 0.3 is 0 Å². The van der Waals surface area contributed by atoms with Crippen molar-refractivity contribution in [2.24, 2.45) is 0 Å². The summed E-state index contributed by atoms with van der Waals surface area (Å²) in [4.78, 5) is 2.08. The molecular formula is C11H13Cl2NO2. The summed E-state index contributed by atoms with van der Waals surface area (Å²) < 4.78 is 5.38. The molecule has 1 aliphatic rings. The molecule has 1 saturated heterocycles. The van der Waals surface area contributed by atoms with Crippen LogP contribution in [-0.2, 0) is 4.74 Å². The fourth-order valence-corrected chi connectivity index (χ4v) is 2.20. The van der Waals surface area contributed by atoms with Crippen molar-refractivity contribution in [2.45, 2.75) is 6.10 Å². The Hall–Kier alpha value is -0.480. The largest absolute Gasteiger partial charge is 0.394 e. The Morgan fingerprint density at radius 2 is 2.25 bits per heavy atom. The number of halogens is 2. The van der Waals surface area contributed by atoms with E-state index in [2.05, 4.69) is 4.90 Å². The zero-order valence-electron chi connectivity index (χ0n) is 8.70. The summed E-state index contributed by atoms with van der Waals surface area (Å²) in [5.41, 5.74) is 0.899. The average Bonchev–Trinajstić information content (AvgIpc) is 2.33. The van der Waals surface area contributed by atoms with Gasteiger partial charge in [-0.25, -0.2) is 0 Å². The quantitative estimate of drug-likeness (QED) is 0.886. The van der Waals surface area contributed by atoms with E-state index in [1.165, 1.54) is 0 Å². The number of hydrogen-bond acceptors (Lipinski definition) is 3. The van der Waals surface area contributed by atoms with Gasteiger partial charge in [-0.05, 0) is 12.1 Å². The van der Waals surface area contributed by atoms with Crippen molar-refractivity contribution in [1.82, 2.24) is 0 Å². The zero-order valence-corrected chi connectivity index (χ0v) is 10.2. The highest BCUT2D eigenvalue weighted by Gasteiger charge is 2.21. The summed E-state index contributed by atoms with van der Waals surface area (Å²) in [6.07, 6.45) is -0.149. The molecule has 0 radical (unpaired) electrons. The number of hydrogen-bond donors (Lipinski definition) is 1. The van der Waals surface area contributed by atoms with Gasteiger partial charge in [0, 0.05) is 13.1 Å². The molecule has 1 aliphatic heterocycles. The van der Waals surface area contributed by atoms with Crippen molar-refractivity contribution in [3.8, 4) is 0 Å². The lowest BCUT2D eigenvalue weighted by Crippen LogP contribution is -2.44. The fraction of sp³-hybridized carbons (Fsp3) is 0.455. The smallest absolute Gasteiger partial charge is 0.0980 e. The third kappa shape index (κ3) is 2.43. The highest BCUT2D eigenvalue weighted by Crippen LogP contribution is 2.33. The number of morpholine rings is 1. The van der Waals surface area contributed by atoms with Crippen molar-refractivity contribution < 1.29 is 9.84 Å². The predicted octanol–water partition coefficient (Wildman–Crippen LogP) is 2.19. The Labute approximate surface area is 105 Å². The second-order valence-corrected chi connectivity index (χ2v) is 4.48. The number of nitrogens with zero attached hydrogens (tertiary/aromatic N) is 1. The Balaban J connectivity index is 2.20. The molecule has 0 saturated carbocycles. The molecule has 88 valence electrons. The lowest BCUT2D eigenvalue weighted by molar-refractivity contribution is 0.00357. The monoisotopic (exact) mass is 261 g/mol. The molecule has 5 heteroatoms. The van der Waals surface area contributed by atoms with Gasteiger partial charge in [0.15, 0.2) is 0 Å². The van der Waals surface area contributed by atoms with E-state index in [1.807, 2.05) is 12.1 Å². The van der Waals surface area contributed by atoms with Crippen LogP contribution in [0.25, 0.3) is 0 Å². The third-order valence-electron chi connectivity index (χ3n) is 2.61. The highest BCUT2D eigenvalue weighted by molar-refractivity contribution is 6.43. The van der Waals surface area contributed by atoms with E-state index in [4.69, 9.17) is 33.0 Å². The van der Waals surface area contributed by atoms with Crippen molar-refractivity contribution in [3.05, 3.63) is 28.2 Å². The van der Waals surface area contributed by atoms with E-state index >= 15 is 0 Å². The average molecular weight is 262 g/mol. The molecule has 0 amide bonds. The first-order valence-electron chi connectivity index (χ1n) is 5.14. The maximum Gasteiger partial charge on any atom is 0.0980 e. The maximum absolute atomic E-state index is 9.07. The third-order valence-corrected chi connectivity index (χ3v) is 3.42. The van der Waals surface area contributed by atoms with Crippen LogP contribution in [0.2, 0.25) is 10.0 Å². The minimum Gasteiger partial charge on any atom is -0.394 e. The number of aliphatic hydroxyl groups is 1. The summed E-state index contributed by atoms with van der Waals surface area (Å²) >= 11 is 12.1. The molecule has 2 rings (SSSR count). The molecule has 3 nitrogen and oxygen atoms in total. The van der Waals surface area contributed by atoms with Crippen molar-refractivity contribution in [2.75, 3.05) is 31.2 Å². The van der Waals surface area contributed by atoms with Gasteiger partial charge in [0.25, 0.3) is 0 Å². The standard InChI is InChI=1S/C11H13Cl2NO2/c12-9-2-1-3-10(11(9)13)14-4-5-16-8(6-14)7-15/h1-3,8,15H,4-7H2. The number of aliphatic hydroxyl groups excluding tert-OH is 1. The van der Waals surface area contributed by atoms with Gasteiger partial charge < -0.3 is 14.7 Å². The Morgan fingerprint density at radius 3 is 3.00 bits per heavy atom. The fourth-order valence-electron chi connectivity index (χ4n) is 1.79. The highest BCUT2D eigenvalue weighted by atomic mass is 35.5. The summed E-state index contributed by atoms with van der Waals surface area (Å²) in [7, 11) is 0. The molecule has 0 spiro atoms. The van der Waals surface area contributed by atoms with E-state index in [0.29, 0.717) is 23.2 Å². The number of anilines is 1. The Morgan fingerprint density at radius 1 is 1.44 bits per heavy atom. The topological polar surface area (TPSA) is 32.7 Å². The number of rotatable bonds is 2. The zero-order chi connectivity index (χ0) is 11.5. The van der Waals surface area contributed by atoms with Gasteiger partial charge in [0.05, 0.1) is 35.1 Å². The minimum atomic E-state index is -0.149. The lowest BCUT2D eigenvalue weighted by atomic mass is 10.2. The van der Waals surface area contributed by atoms with Gasteiger partial charge in [-0.1, -0.05) is 29.3 Å². The van der Waals surface area contributed by atoms with E-state index in [-0.39, 0.29) is 12.7 Å². The molecule has 0 bridgehead atoms. The van der Waals surface area contributed by atoms with Crippen LogP contribution in [0.15, 0.2) is 18.2 Å². The van der Waals surface area contributed by atoms with Crippen LogP contribution in [0, 0.1) is 0 Å². The van der Waals surface area contributed by atoms with Crippen LogP contribution in [0.1, 0.15) is 0 Å². The predicted molar refractivity (Wildman–Crippen MR) is 65.5 cm³/mol. The molecule has 1 heterocycles. The van der Waals surface area contributed by atoms with Crippen LogP contribution >= 0.6 is 23.2 Å². The molecule has 1 aromatic carbocycles. The van der Waals surface area contributed by atoms with Crippen LogP contribution < -0.4 is 4.90 Å². The summed E-state index contributed by atoms with van der Waals surface area (Å²) in [6.45, 7) is 2.01. The molecule has 1 atom stereocenters.